The van der Waals surface area contributed by atoms with Crippen molar-refractivity contribution in [1.29, 1.82) is 0 Å². The molecule has 114 valence electrons. The molecule has 1 aromatic rings. The maximum absolute atomic E-state index is 9.31. The number of hydrogen-bond donors (Lipinski definition) is 2. The Labute approximate surface area is 128 Å². The molecule has 3 nitrogen and oxygen atoms in total. The van der Waals surface area contributed by atoms with Crippen molar-refractivity contribution < 1.29 is 5.11 Å². The molecule has 0 atom stereocenters. The maximum Gasteiger partial charge on any atom is 0.0832 e. The smallest absolute Gasteiger partial charge is 0.0832 e. The maximum atomic E-state index is 9.31. The first-order chi connectivity index (χ1) is 9.31. The number of rotatable bonds is 3. The molecule has 1 aromatic heterocycles. The third-order valence-corrected chi connectivity index (χ3v) is 5.37. The molecule has 2 fully saturated rings. The van der Waals surface area contributed by atoms with Crippen LogP contribution in [0.5, 0.6) is 0 Å². The molecule has 20 heavy (non-hydrogen) atoms. The van der Waals surface area contributed by atoms with E-state index >= 15 is 0 Å². The molecule has 4 heteroatoms. The van der Waals surface area contributed by atoms with Gasteiger partial charge >= 0.3 is 0 Å². The molecule has 0 amide bonds. The van der Waals surface area contributed by atoms with E-state index in [-0.39, 0.29) is 19.0 Å². The molecule has 1 spiro atoms. The largest absolute Gasteiger partial charge is 0.390 e. The highest BCUT2D eigenvalue weighted by Crippen LogP contribution is 2.45. The van der Waals surface area contributed by atoms with Gasteiger partial charge in [-0.2, -0.15) is 0 Å². The van der Waals surface area contributed by atoms with Crippen molar-refractivity contribution >= 4 is 12.4 Å². The number of nitrogens with zero attached hydrogens (tertiary/aromatic N) is 1. The summed E-state index contributed by atoms with van der Waals surface area (Å²) in [6, 6.07) is 4.07. The lowest BCUT2D eigenvalue weighted by molar-refractivity contribution is 0.0987. The quantitative estimate of drug-likeness (QED) is 0.900. The van der Waals surface area contributed by atoms with E-state index in [0.29, 0.717) is 5.41 Å². The van der Waals surface area contributed by atoms with Crippen LogP contribution in [-0.2, 0) is 13.2 Å². The number of nitrogens with one attached hydrogen (secondary N) is 1. The van der Waals surface area contributed by atoms with Crippen molar-refractivity contribution in [1.82, 2.24) is 9.88 Å². The highest BCUT2D eigenvalue weighted by Gasteiger charge is 2.36. The Bertz CT molecular complexity index is 402. The van der Waals surface area contributed by atoms with Crippen LogP contribution in [-0.4, -0.2) is 22.8 Å². The van der Waals surface area contributed by atoms with Crippen LogP contribution in [0.4, 0.5) is 0 Å². The van der Waals surface area contributed by atoms with Crippen LogP contribution >= 0.6 is 12.4 Å². The van der Waals surface area contributed by atoms with Crippen LogP contribution in [0.3, 0.4) is 0 Å². The number of aliphatic hydroxyl groups excluding tert-OH is 1. The fraction of sp³-hybridized carbons (Fsp3) is 0.750. The molecular formula is C16H27ClN2O. The van der Waals surface area contributed by atoms with Gasteiger partial charge in [-0.15, -0.1) is 12.4 Å². The molecule has 1 aliphatic carbocycles. The zero-order chi connectivity index (χ0) is 13.1. The Morgan fingerprint density at radius 2 is 1.90 bits per heavy atom. The summed E-state index contributed by atoms with van der Waals surface area (Å²) in [5.41, 5.74) is 1.72. The fourth-order valence-electron chi connectivity index (χ4n) is 3.98. The van der Waals surface area contributed by atoms with Gasteiger partial charge in [0.25, 0.3) is 0 Å². The summed E-state index contributed by atoms with van der Waals surface area (Å²) in [5.74, 6) is 0.804. The highest BCUT2D eigenvalue weighted by atomic mass is 35.5. The number of halogens is 1. The summed E-state index contributed by atoms with van der Waals surface area (Å²) < 4.78 is 2.24. The van der Waals surface area contributed by atoms with E-state index in [0.717, 1.165) is 18.2 Å². The number of aromatic nitrogens is 1. The lowest BCUT2D eigenvalue weighted by Crippen LogP contribution is -2.39. The second kappa shape index (κ2) is 6.97. The van der Waals surface area contributed by atoms with E-state index in [1.54, 1.807) is 0 Å². The van der Waals surface area contributed by atoms with Crippen LogP contribution in [0.1, 0.15) is 44.2 Å². The molecule has 0 radical (unpaired) electrons. The summed E-state index contributed by atoms with van der Waals surface area (Å²) in [7, 11) is 0. The highest BCUT2D eigenvalue weighted by molar-refractivity contribution is 5.85. The Balaban J connectivity index is 0.00000147. The number of piperidine rings is 1. The van der Waals surface area contributed by atoms with Gasteiger partial charge in [0.15, 0.2) is 0 Å². The summed E-state index contributed by atoms with van der Waals surface area (Å²) in [6.07, 6.45) is 10.4. The van der Waals surface area contributed by atoms with E-state index in [9.17, 15) is 5.11 Å². The first kappa shape index (κ1) is 15.9. The molecule has 3 rings (SSSR count). The molecule has 1 saturated carbocycles. The Morgan fingerprint density at radius 1 is 1.20 bits per heavy atom. The minimum absolute atomic E-state index is 0. The normalized spacial score (nSPS) is 22.6. The van der Waals surface area contributed by atoms with E-state index in [1.165, 1.54) is 51.6 Å². The molecule has 1 aliphatic heterocycles. The molecule has 0 aromatic carbocycles. The molecule has 0 bridgehead atoms. The van der Waals surface area contributed by atoms with E-state index in [2.05, 4.69) is 16.1 Å². The second-order valence-electron chi connectivity index (χ2n) is 6.50. The summed E-state index contributed by atoms with van der Waals surface area (Å²) in [5, 5.41) is 12.8. The van der Waals surface area contributed by atoms with Crippen LogP contribution < -0.4 is 5.32 Å². The van der Waals surface area contributed by atoms with Crippen LogP contribution in [0.25, 0.3) is 0 Å². The summed E-state index contributed by atoms with van der Waals surface area (Å²) >= 11 is 0. The Hall–Kier alpha value is -0.510. The van der Waals surface area contributed by atoms with Crippen molar-refractivity contribution in [2.75, 3.05) is 13.1 Å². The zero-order valence-corrected chi connectivity index (χ0v) is 13.0. The third kappa shape index (κ3) is 3.38. The van der Waals surface area contributed by atoms with Crippen molar-refractivity contribution in [2.24, 2.45) is 11.3 Å². The summed E-state index contributed by atoms with van der Waals surface area (Å²) in [4.78, 5) is 0. The van der Waals surface area contributed by atoms with Gasteiger partial charge in [-0.1, -0.05) is 0 Å². The van der Waals surface area contributed by atoms with Gasteiger partial charge in [0, 0.05) is 18.4 Å². The number of hydrogen-bond acceptors (Lipinski definition) is 2. The van der Waals surface area contributed by atoms with Crippen molar-refractivity contribution in [3.05, 3.63) is 24.0 Å². The SMILES string of the molecule is Cl.OCc1cccn1CC1CCC2(CCNCC2)CC1. The van der Waals surface area contributed by atoms with Gasteiger partial charge in [0.2, 0.25) is 0 Å². The van der Waals surface area contributed by atoms with Crippen LogP contribution in [0.15, 0.2) is 18.3 Å². The Kier molecular flexibility index (Phi) is 5.53. The van der Waals surface area contributed by atoms with Gasteiger partial charge in [-0.25, -0.2) is 0 Å². The summed E-state index contributed by atoms with van der Waals surface area (Å²) in [6.45, 7) is 3.69. The van der Waals surface area contributed by atoms with Gasteiger partial charge < -0.3 is 15.0 Å². The van der Waals surface area contributed by atoms with E-state index in [1.807, 2.05) is 12.1 Å². The fourth-order valence-corrected chi connectivity index (χ4v) is 3.98. The Morgan fingerprint density at radius 3 is 2.55 bits per heavy atom. The second-order valence-corrected chi connectivity index (χ2v) is 6.50. The molecular weight excluding hydrogens is 272 g/mol. The van der Waals surface area contributed by atoms with Crippen molar-refractivity contribution in [3.8, 4) is 0 Å². The predicted molar refractivity (Wildman–Crippen MR) is 84.1 cm³/mol. The van der Waals surface area contributed by atoms with Crippen molar-refractivity contribution in [2.45, 2.75) is 51.7 Å². The van der Waals surface area contributed by atoms with Gasteiger partial charge in [-0.05, 0) is 75.1 Å². The third-order valence-electron chi connectivity index (χ3n) is 5.37. The van der Waals surface area contributed by atoms with Gasteiger partial charge in [0.05, 0.1) is 6.61 Å². The lowest BCUT2D eigenvalue weighted by Gasteiger charge is -2.43. The standard InChI is InChI=1S/C16H26N2O.ClH/c19-13-15-2-1-11-18(15)12-14-3-5-16(6-4-14)7-9-17-10-8-16;/h1-2,11,14,17,19H,3-10,12-13H2;1H. The van der Waals surface area contributed by atoms with Crippen molar-refractivity contribution in [3.63, 3.8) is 0 Å². The van der Waals surface area contributed by atoms with Crippen LogP contribution in [0, 0.1) is 11.3 Å². The predicted octanol–water partition coefficient (Wildman–Crippen LogP) is 2.96. The zero-order valence-electron chi connectivity index (χ0n) is 12.2. The first-order valence-electron chi connectivity index (χ1n) is 7.77. The molecule has 1 saturated heterocycles. The van der Waals surface area contributed by atoms with E-state index in [4.69, 9.17) is 0 Å². The molecule has 2 heterocycles. The average Bonchev–Trinajstić information content (AvgIpc) is 2.90. The monoisotopic (exact) mass is 298 g/mol. The van der Waals surface area contributed by atoms with Crippen LogP contribution in [0.2, 0.25) is 0 Å². The minimum atomic E-state index is 0. The number of aliphatic hydroxyl groups is 1. The minimum Gasteiger partial charge on any atom is -0.390 e. The molecule has 2 aliphatic rings. The molecule has 2 N–H and O–H groups in total. The van der Waals surface area contributed by atoms with Gasteiger partial charge in [0.1, 0.15) is 0 Å². The first-order valence-corrected chi connectivity index (χ1v) is 7.77. The molecule has 0 unspecified atom stereocenters. The van der Waals surface area contributed by atoms with E-state index < -0.39 is 0 Å². The topological polar surface area (TPSA) is 37.2 Å². The van der Waals surface area contributed by atoms with Gasteiger partial charge in [-0.3, -0.25) is 0 Å². The average molecular weight is 299 g/mol. The lowest BCUT2D eigenvalue weighted by atomic mass is 9.66.